The maximum absolute atomic E-state index is 13.8. The molecule has 1 aliphatic heterocycles. The van der Waals surface area contributed by atoms with Gasteiger partial charge in [0.1, 0.15) is 17.8 Å². The zero-order valence-electron chi connectivity index (χ0n) is 17.7. The number of fused-ring (bicyclic) bond motifs is 3. The Kier molecular flexibility index (Phi) is 5.02. The Hall–Kier alpha value is -3.85. The molecule has 2 aromatic carbocycles. The van der Waals surface area contributed by atoms with Crippen LogP contribution in [0.5, 0.6) is 0 Å². The van der Waals surface area contributed by atoms with Crippen LogP contribution in [0.2, 0.25) is 0 Å². The minimum atomic E-state index is -0.461. The third-order valence-electron chi connectivity index (χ3n) is 5.43. The van der Waals surface area contributed by atoms with E-state index in [1.165, 1.54) is 22.6 Å². The number of hydrogen-bond acceptors (Lipinski definition) is 6. The fraction of sp³-hybridized carbons (Fsp3) is 0.217. The highest BCUT2D eigenvalue weighted by Gasteiger charge is 2.28. The summed E-state index contributed by atoms with van der Waals surface area (Å²) in [5.74, 6) is 0.108. The smallest absolute Gasteiger partial charge is 0.256 e. The second-order valence-corrected chi connectivity index (χ2v) is 7.90. The van der Waals surface area contributed by atoms with Gasteiger partial charge in [0.2, 0.25) is 11.7 Å². The topological polar surface area (TPSA) is 80.3 Å². The molecule has 2 aromatic heterocycles. The van der Waals surface area contributed by atoms with Gasteiger partial charge in [-0.3, -0.25) is 14.3 Å². The van der Waals surface area contributed by atoms with Crippen molar-refractivity contribution in [2.24, 2.45) is 0 Å². The minimum absolute atomic E-state index is 0.259. The molecule has 3 heterocycles. The Morgan fingerprint density at radius 2 is 1.97 bits per heavy atom. The normalized spacial score (nSPS) is 13.2. The molecule has 1 aliphatic rings. The molecule has 0 aliphatic carbocycles. The van der Waals surface area contributed by atoms with Crippen molar-refractivity contribution in [3.05, 3.63) is 83.4 Å². The first-order valence-electron chi connectivity index (χ1n) is 10.2. The van der Waals surface area contributed by atoms with Crippen LogP contribution in [0.4, 0.5) is 4.39 Å². The third-order valence-corrected chi connectivity index (χ3v) is 5.43. The molecule has 8 nitrogen and oxygen atoms in total. The van der Waals surface area contributed by atoms with E-state index in [4.69, 9.17) is 4.52 Å². The first kappa shape index (κ1) is 20.1. The van der Waals surface area contributed by atoms with Crippen molar-refractivity contribution in [1.82, 2.24) is 29.5 Å². The van der Waals surface area contributed by atoms with Crippen LogP contribution in [0.15, 0.2) is 59.4 Å². The summed E-state index contributed by atoms with van der Waals surface area (Å²) in [6, 6.07) is 14.3. The lowest BCUT2D eigenvalue weighted by Crippen LogP contribution is -2.25. The molecule has 32 heavy (non-hydrogen) atoms. The number of halogens is 1. The summed E-state index contributed by atoms with van der Waals surface area (Å²) < 4.78 is 21.0. The number of hydrogen-bond donors (Lipinski definition) is 0. The first-order chi connectivity index (χ1) is 15.5. The van der Waals surface area contributed by atoms with E-state index in [0.717, 1.165) is 12.2 Å². The molecule has 0 saturated carbocycles. The molecule has 9 heteroatoms. The Labute approximate surface area is 183 Å². The lowest BCUT2D eigenvalue weighted by Gasteiger charge is -2.14. The van der Waals surface area contributed by atoms with E-state index in [-0.39, 0.29) is 18.0 Å². The van der Waals surface area contributed by atoms with E-state index in [9.17, 15) is 9.18 Å². The molecule has 0 bridgehead atoms. The van der Waals surface area contributed by atoms with E-state index < -0.39 is 5.82 Å². The number of carbonyl (C=O) groups is 1. The van der Waals surface area contributed by atoms with Crippen molar-refractivity contribution in [3.8, 4) is 17.2 Å². The average molecular weight is 432 g/mol. The van der Waals surface area contributed by atoms with Crippen molar-refractivity contribution in [1.29, 1.82) is 0 Å². The number of nitrogens with zero attached hydrogens (tertiary/aromatic N) is 6. The highest BCUT2D eigenvalue weighted by molar-refractivity contribution is 5.98. The van der Waals surface area contributed by atoms with E-state index in [2.05, 4.69) is 32.2 Å². The fourth-order valence-electron chi connectivity index (χ4n) is 3.91. The highest BCUT2D eigenvalue weighted by atomic mass is 19.1. The van der Waals surface area contributed by atoms with Gasteiger partial charge in [0.15, 0.2) is 0 Å². The van der Waals surface area contributed by atoms with Crippen LogP contribution >= 0.6 is 0 Å². The van der Waals surface area contributed by atoms with E-state index in [1.807, 2.05) is 25.2 Å². The number of amides is 1. The van der Waals surface area contributed by atoms with Crippen molar-refractivity contribution in [2.75, 3.05) is 14.1 Å². The number of benzene rings is 2. The molecule has 0 N–H and O–H groups in total. The zero-order valence-corrected chi connectivity index (χ0v) is 17.7. The molecule has 4 aromatic rings. The van der Waals surface area contributed by atoms with Gasteiger partial charge in [-0.05, 0) is 30.8 Å². The van der Waals surface area contributed by atoms with Gasteiger partial charge in [-0.2, -0.15) is 4.98 Å². The zero-order chi connectivity index (χ0) is 22.2. The maximum atomic E-state index is 13.8. The fourth-order valence-corrected chi connectivity index (χ4v) is 3.91. The molecular weight excluding hydrogens is 411 g/mol. The number of imidazole rings is 1. The molecule has 5 rings (SSSR count). The minimum Gasteiger partial charge on any atom is -0.337 e. The van der Waals surface area contributed by atoms with E-state index in [1.54, 1.807) is 24.0 Å². The summed E-state index contributed by atoms with van der Waals surface area (Å²) in [5, 5.41) is 4.12. The van der Waals surface area contributed by atoms with E-state index >= 15 is 0 Å². The number of rotatable bonds is 5. The second-order valence-electron chi connectivity index (χ2n) is 7.90. The van der Waals surface area contributed by atoms with Gasteiger partial charge in [0, 0.05) is 13.6 Å². The maximum Gasteiger partial charge on any atom is 0.256 e. The predicted molar refractivity (Wildman–Crippen MR) is 114 cm³/mol. The molecule has 0 saturated heterocycles. The molecule has 0 fully saturated rings. The lowest BCUT2D eigenvalue weighted by molar-refractivity contribution is 0.0787. The van der Waals surface area contributed by atoms with Crippen LogP contribution in [-0.2, 0) is 19.6 Å². The summed E-state index contributed by atoms with van der Waals surface area (Å²) in [4.78, 5) is 25.4. The molecule has 162 valence electrons. The largest absolute Gasteiger partial charge is 0.337 e. The van der Waals surface area contributed by atoms with Crippen LogP contribution in [-0.4, -0.2) is 49.5 Å². The van der Waals surface area contributed by atoms with Crippen LogP contribution in [0.1, 0.15) is 27.5 Å². The van der Waals surface area contributed by atoms with Crippen LogP contribution < -0.4 is 0 Å². The number of carbonyl (C=O) groups excluding carboxylic acids is 1. The highest BCUT2D eigenvalue weighted by Crippen LogP contribution is 2.29. The summed E-state index contributed by atoms with van der Waals surface area (Å²) in [6.07, 6.45) is 1.60. The quantitative estimate of drug-likeness (QED) is 0.482. The summed E-state index contributed by atoms with van der Waals surface area (Å²) in [6.45, 7) is 1.51. The molecule has 1 amide bonds. The van der Waals surface area contributed by atoms with Gasteiger partial charge < -0.3 is 9.42 Å². The Balaban J connectivity index is 1.43. The van der Waals surface area contributed by atoms with Gasteiger partial charge in [0.25, 0.3) is 5.91 Å². The average Bonchev–Trinajstić information content (AvgIpc) is 3.38. The molecule has 0 radical (unpaired) electrons. The van der Waals surface area contributed by atoms with Crippen molar-refractivity contribution in [2.45, 2.75) is 19.6 Å². The number of aromatic nitrogens is 4. The lowest BCUT2D eigenvalue weighted by atomic mass is 10.1. The summed E-state index contributed by atoms with van der Waals surface area (Å²) >= 11 is 0. The Morgan fingerprint density at radius 3 is 2.78 bits per heavy atom. The monoisotopic (exact) mass is 432 g/mol. The van der Waals surface area contributed by atoms with Gasteiger partial charge in [-0.25, -0.2) is 9.37 Å². The van der Waals surface area contributed by atoms with Gasteiger partial charge in [0.05, 0.1) is 30.0 Å². The van der Waals surface area contributed by atoms with Crippen molar-refractivity contribution in [3.63, 3.8) is 0 Å². The van der Waals surface area contributed by atoms with Crippen molar-refractivity contribution >= 4 is 5.91 Å². The first-order valence-corrected chi connectivity index (χ1v) is 10.2. The molecule has 0 unspecified atom stereocenters. The molecule has 0 spiro atoms. The summed E-state index contributed by atoms with van der Waals surface area (Å²) in [5.41, 5.74) is 3.31. The predicted octanol–water partition coefficient (Wildman–Crippen LogP) is 3.28. The van der Waals surface area contributed by atoms with Crippen LogP contribution in [0.25, 0.3) is 17.2 Å². The van der Waals surface area contributed by atoms with Gasteiger partial charge in [-0.15, -0.1) is 0 Å². The van der Waals surface area contributed by atoms with Crippen LogP contribution in [0.3, 0.4) is 0 Å². The second kappa shape index (κ2) is 8.01. The van der Waals surface area contributed by atoms with Gasteiger partial charge >= 0.3 is 0 Å². The third kappa shape index (κ3) is 3.67. The molecule has 0 atom stereocenters. The Bertz CT molecular complexity index is 1280. The summed E-state index contributed by atoms with van der Waals surface area (Å²) in [7, 11) is 3.65. The van der Waals surface area contributed by atoms with E-state index in [0.29, 0.717) is 29.6 Å². The van der Waals surface area contributed by atoms with Gasteiger partial charge in [-0.1, -0.05) is 35.5 Å². The molecular formula is C23H21FN6O2. The standard InChI is InChI=1S/C23H21FN6O2/c1-28(11-15-6-4-3-5-7-15)13-20-26-22(27-32-20)21-19-12-29(2)23(31)17-10-16(24)8-9-18(17)30(19)14-25-21/h3-10,14H,11-13H2,1-2H3. The van der Waals surface area contributed by atoms with Crippen LogP contribution in [0, 0.1) is 5.82 Å². The SMILES string of the molecule is CN(Cc1ccccc1)Cc1nc(-c2ncn3c2CN(C)C(=O)c2cc(F)ccc2-3)no1. The van der Waals surface area contributed by atoms with Crippen molar-refractivity contribution < 1.29 is 13.7 Å². The Morgan fingerprint density at radius 1 is 1.16 bits per heavy atom.